The largest absolute Gasteiger partial charge is 0.307 e. The predicted molar refractivity (Wildman–Crippen MR) is 63.8 cm³/mol. The zero-order valence-electron chi connectivity index (χ0n) is 10.8. The molecule has 2 nitrogen and oxygen atoms in total. The smallest absolute Gasteiger partial charge is 0.155 e. The normalized spacial score (nSPS) is 28.1. The van der Waals surface area contributed by atoms with Gasteiger partial charge < -0.3 is 5.32 Å². The van der Waals surface area contributed by atoms with E-state index in [1.54, 1.807) is 0 Å². The Kier molecular flexibility index (Phi) is 3.93. The lowest BCUT2D eigenvalue weighted by Crippen LogP contribution is -2.52. The Morgan fingerprint density at radius 3 is 2.40 bits per heavy atom. The molecule has 1 heterocycles. The van der Waals surface area contributed by atoms with Gasteiger partial charge in [0, 0.05) is 5.41 Å². The van der Waals surface area contributed by atoms with E-state index >= 15 is 0 Å². The molecule has 0 aromatic carbocycles. The van der Waals surface area contributed by atoms with Crippen LogP contribution in [-0.4, -0.2) is 18.4 Å². The molecule has 2 heteroatoms. The Labute approximate surface area is 93.8 Å². The molecule has 0 saturated carbocycles. The van der Waals surface area contributed by atoms with Crippen molar-refractivity contribution in [2.75, 3.05) is 6.54 Å². The molecule has 2 atom stereocenters. The molecule has 0 aromatic heterocycles. The summed E-state index contributed by atoms with van der Waals surface area (Å²) in [6.45, 7) is 11.5. The number of Topliss-reactive ketones (excluding diaryl/α,β-unsaturated/α-hetero) is 1. The molecule has 0 aromatic rings. The summed E-state index contributed by atoms with van der Waals surface area (Å²) in [5.74, 6) is 1.49. The van der Waals surface area contributed by atoms with E-state index in [4.69, 9.17) is 0 Å². The Balaban J connectivity index is 2.77. The molecule has 1 aliphatic rings. The molecule has 1 rings (SSSR count). The van der Waals surface area contributed by atoms with Gasteiger partial charge in [-0.05, 0) is 31.2 Å². The summed E-state index contributed by atoms with van der Waals surface area (Å²) in [6, 6.07) is 0.0822. The maximum absolute atomic E-state index is 12.3. The van der Waals surface area contributed by atoms with E-state index in [1.165, 1.54) is 12.8 Å². The van der Waals surface area contributed by atoms with Crippen LogP contribution in [0.3, 0.4) is 0 Å². The van der Waals surface area contributed by atoms with Crippen LogP contribution in [-0.2, 0) is 4.79 Å². The number of hydrogen-bond acceptors (Lipinski definition) is 2. The Morgan fingerprint density at radius 2 is 1.93 bits per heavy atom. The number of carbonyl (C=O) groups is 1. The molecule has 0 radical (unpaired) electrons. The summed E-state index contributed by atoms with van der Waals surface area (Å²) in [5, 5.41) is 3.41. The van der Waals surface area contributed by atoms with Gasteiger partial charge >= 0.3 is 0 Å². The van der Waals surface area contributed by atoms with Gasteiger partial charge in [-0.2, -0.15) is 0 Å². The van der Waals surface area contributed by atoms with E-state index in [0.29, 0.717) is 17.6 Å². The highest BCUT2D eigenvalue weighted by Crippen LogP contribution is 2.29. The van der Waals surface area contributed by atoms with E-state index < -0.39 is 0 Å². The predicted octanol–water partition coefficient (Wildman–Crippen LogP) is 2.63. The SMILES string of the molecule is CC(C)C1CCCNC1C(=O)C(C)(C)C. The first-order chi connectivity index (χ1) is 6.84. The van der Waals surface area contributed by atoms with Crippen molar-refractivity contribution in [2.45, 2.75) is 53.5 Å². The van der Waals surface area contributed by atoms with Gasteiger partial charge in [-0.25, -0.2) is 0 Å². The van der Waals surface area contributed by atoms with E-state index in [9.17, 15) is 4.79 Å². The third kappa shape index (κ3) is 3.04. The zero-order chi connectivity index (χ0) is 11.6. The molecule has 15 heavy (non-hydrogen) atoms. The van der Waals surface area contributed by atoms with Crippen molar-refractivity contribution in [2.24, 2.45) is 17.3 Å². The minimum Gasteiger partial charge on any atom is -0.307 e. The summed E-state index contributed by atoms with van der Waals surface area (Å²) in [6.07, 6.45) is 2.40. The minimum absolute atomic E-state index is 0.0822. The van der Waals surface area contributed by atoms with Crippen molar-refractivity contribution in [3.8, 4) is 0 Å². The molecule has 1 aliphatic heterocycles. The molecular weight excluding hydrogens is 186 g/mol. The highest BCUT2D eigenvalue weighted by atomic mass is 16.1. The van der Waals surface area contributed by atoms with Crippen LogP contribution in [0.25, 0.3) is 0 Å². The maximum atomic E-state index is 12.3. The van der Waals surface area contributed by atoms with Gasteiger partial charge in [-0.1, -0.05) is 34.6 Å². The second-order valence-corrected chi connectivity index (χ2v) is 6.10. The highest BCUT2D eigenvalue weighted by molar-refractivity contribution is 5.89. The van der Waals surface area contributed by atoms with Crippen molar-refractivity contribution in [3.05, 3.63) is 0 Å². The number of hydrogen-bond donors (Lipinski definition) is 1. The molecule has 0 amide bonds. The quantitative estimate of drug-likeness (QED) is 0.760. The number of piperidine rings is 1. The average Bonchev–Trinajstić information content (AvgIpc) is 2.15. The van der Waals surface area contributed by atoms with Crippen LogP contribution in [0, 0.1) is 17.3 Å². The van der Waals surface area contributed by atoms with Crippen LogP contribution in [0.1, 0.15) is 47.5 Å². The van der Waals surface area contributed by atoms with Gasteiger partial charge in [0.1, 0.15) is 0 Å². The van der Waals surface area contributed by atoms with Crippen LogP contribution in [0.2, 0.25) is 0 Å². The van der Waals surface area contributed by atoms with Gasteiger partial charge in [-0.15, -0.1) is 0 Å². The summed E-state index contributed by atoms with van der Waals surface area (Å²) in [5.41, 5.74) is -0.220. The zero-order valence-corrected chi connectivity index (χ0v) is 10.8. The van der Waals surface area contributed by atoms with Crippen LogP contribution in [0.5, 0.6) is 0 Å². The van der Waals surface area contributed by atoms with Gasteiger partial charge in [0.15, 0.2) is 5.78 Å². The maximum Gasteiger partial charge on any atom is 0.155 e. The van der Waals surface area contributed by atoms with Crippen molar-refractivity contribution in [1.29, 1.82) is 0 Å². The summed E-state index contributed by atoms with van der Waals surface area (Å²) >= 11 is 0. The van der Waals surface area contributed by atoms with Gasteiger partial charge in [-0.3, -0.25) is 4.79 Å². The number of rotatable bonds is 2. The summed E-state index contributed by atoms with van der Waals surface area (Å²) < 4.78 is 0. The van der Waals surface area contributed by atoms with Gasteiger partial charge in [0.2, 0.25) is 0 Å². The monoisotopic (exact) mass is 211 g/mol. The highest BCUT2D eigenvalue weighted by Gasteiger charge is 2.37. The van der Waals surface area contributed by atoms with Crippen molar-refractivity contribution in [3.63, 3.8) is 0 Å². The molecule has 2 unspecified atom stereocenters. The number of carbonyl (C=O) groups excluding carboxylic acids is 1. The van der Waals surface area contributed by atoms with Crippen molar-refractivity contribution >= 4 is 5.78 Å². The fourth-order valence-corrected chi connectivity index (χ4v) is 2.39. The first kappa shape index (κ1) is 12.7. The summed E-state index contributed by atoms with van der Waals surface area (Å²) in [7, 11) is 0. The number of ketones is 1. The molecule has 0 spiro atoms. The molecule has 88 valence electrons. The lowest BCUT2D eigenvalue weighted by atomic mass is 9.74. The Bertz CT molecular complexity index is 227. The van der Waals surface area contributed by atoms with E-state index in [-0.39, 0.29) is 11.5 Å². The minimum atomic E-state index is -0.220. The van der Waals surface area contributed by atoms with Gasteiger partial charge in [0.05, 0.1) is 6.04 Å². The summed E-state index contributed by atoms with van der Waals surface area (Å²) in [4.78, 5) is 12.3. The van der Waals surface area contributed by atoms with Crippen molar-refractivity contribution < 1.29 is 4.79 Å². The standard InChI is InChI=1S/C13H25NO/c1-9(2)10-7-6-8-14-11(10)12(15)13(3,4)5/h9-11,14H,6-8H2,1-5H3. The molecule has 1 saturated heterocycles. The first-order valence-corrected chi connectivity index (χ1v) is 6.11. The third-order valence-electron chi connectivity index (χ3n) is 3.38. The first-order valence-electron chi connectivity index (χ1n) is 6.11. The molecule has 1 N–H and O–H groups in total. The Morgan fingerprint density at radius 1 is 1.33 bits per heavy atom. The van der Waals surface area contributed by atoms with E-state index in [0.717, 1.165) is 6.54 Å². The number of nitrogens with one attached hydrogen (secondary N) is 1. The molecule has 0 aliphatic carbocycles. The Hall–Kier alpha value is -0.370. The fraction of sp³-hybridized carbons (Fsp3) is 0.923. The van der Waals surface area contributed by atoms with E-state index in [1.807, 2.05) is 20.8 Å². The lowest BCUT2D eigenvalue weighted by molar-refractivity contribution is -0.131. The van der Waals surface area contributed by atoms with Crippen LogP contribution in [0.4, 0.5) is 0 Å². The third-order valence-corrected chi connectivity index (χ3v) is 3.38. The van der Waals surface area contributed by atoms with Gasteiger partial charge in [0.25, 0.3) is 0 Å². The van der Waals surface area contributed by atoms with Crippen LogP contribution in [0.15, 0.2) is 0 Å². The lowest BCUT2D eigenvalue weighted by Gasteiger charge is -2.37. The van der Waals surface area contributed by atoms with E-state index in [2.05, 4.69) is 19.2 Å². The fourth-order valence-electron chi connectivity index (χ4n) is 2.39. The topological polar surface area (TPSA) is 29.1 Å². The molecular formula is C13H25NO. The molecule has 0 bridgehead atoms. The molecule has 1 fully saturated rings. The van der Waals surface area contributed by atoms with Crippen LogP contribution < -0.4 is 5.32 Å². The average molecular weight is 211 g/mol. The van der Waals surface area contributed by atoms with Crippen molar-refractivity contribution in [1.82, 2.24) is 5.32 Å². The second-order valence-electron chi connectivity index (χ2n) is 6.10. The second kappa shape index (κ2) is 4.65. The van der Waals surface area contributed by atoms with Crippen LogP contribution >= 0.6 is 0 Å².